The Bertz CT molecular complexity index is 417. The zero-order chi connectivity index (χ0) is 13.3. The molecule has 1 N–H and O–H groups in total. The lowest BCUT2D eigenvalue weighted by Crippen LogP contribution is -2.44. The van der Waals surface area contributed by atoms with Gasteiger partial charge in [-0.25, -0.2) is 0 Å². The maximum absolute atomic E-state index is 6.11. The molecule has 0 aromatic heterocycles. The van der Waals surface area contributed by atoms with Crippen LogP contribution in [0.25, 0.3) is 0 Å². The smallest absolute Gasteiger partial charge is 0.183 e. The Hall–Kier alpha value is -0.955. The lowest BCUT2D eigenvalue weighted by Gasteiger charge is -2.38. The van der Waals surface area contributed by atoms with E-state index in [1.165, 1.54) is 11.3 Å². The quantitative estimate of drug-likeness (QED) is 0.816. The molecular weight excluding hydrogens is 219 g/mol. The predicted octanol–water partition coefficient (Wildman–Crippen LogP) is 3.16. The topological polar surface area (TPSA) is 15.3 Å². The molecule has 2 radical (unpaired) electrons. The SMILES string of the molecule is [B]N(CC)C(C)(C)C[C@H]1c2ccccc2N[C@H]1C. The van der Waals surface area contributed by atoms with Gasteiger partial charge in [-0.3, -0.25) is 0 Å². The highest BCUT2D eigenvalue weighted by molar-refractivity contribution is 6.04. The Kier molecular flexibility index (Phi) is 3.72. The molecule has 2 nitrogen and oxygen atoms in total. The summed E-state index contributed by atoms with van der Waals surface area (Å²) in [5.41, 5.74) is 2.74. The van der Waals surface area contributed by atoms with Crippen molar-refractivity contribution in [1.82, 2.24) is 4.81 Å². The monoisotopic (exact) mass is 242 g/mol. The van der Waals surface area contributed by atoms with Crippen molar-refractivity contribution in [1.29, 1.82) is 0 Å². The fraction of sp³-hybridized carbons (Fsp3) is 0.600. The van der Waals surface area contributed by atoms with Crippen LogP contribution in [0.3, 0.4) is 0 Å². The summed E-state index contributed by atoms with van der Waals surface area (Å²) in [6.45, 7) is 9.69. The molecule has 96 valence electrons. The minimum Gasteiger partial charge on any atom is -0.382 e. The minimum absolute atomic E-state index is 0.0206. The molecule has 1 aliphatic rings. The van der Waals surface area contributed by atoms with Crippen molar-refractivity contribution in [2.24, 2.45) is 0 Å². The van der Waals surface area contributed by atoms with Crippen molar-refractivity contribution in [3.8, 4) is 0 Å². The van der Waals surface area contributed by atoms with E-state index in [0.717, 1.165) is 13.0 Å². The van der Waals surface area contributed by atoms with Gasteiger partial charge in [-0.15, -0.1) is 0 Å². The molecule has 0 spiro atoms. The van der Waals surface area contributed by atoms with Crippen molar-refractivity contribution in [3.05, 3.63) is 29.8 Å². The van der Waals surface area contributed by atoms with Gasteiger partial charge in [0.05, 0.1) is 0 Å². The zero-order valence-corrected chi connectivity index (χ0v) is 11.9. The first kappa shape index (κ1) is 13.5. The molecule has 18 heavy (non-hydrogen) atoms. The summed E-state index contributed by atoms with van der Waals surface area (Å²) < 4.78 is 0. The average molecular weight is 242 g/mol. The first-order valence-corrected chi connectivity index (χ1v) is 6.83. The summed E-state index contributed by atoms with van der Waals surface area (Å²) in [5.74, 6) is 0.536. The zero-order valence-electron chi connectivity index (χ0n) is 11.9. The lowest BCUT2D eigenvalue weighted by atomic mass is 9.81. The molecular formula is C15H23BN2. The Morgan fingerprint density at radius 3 is 2.67 bits per heavy atom. The minimum atomic E-state index is 0.0206. The number of benzene rings is 1. The fourth-order valence-corrected chi connectivity index (χ4v) is 2.94. The van der Waals surface area contributed by atoms with Crippen LogP contribution in [0.1, 0.15) is 45.6 Å². The second kappa shape index (κ2) is 4.97. The van der Waals surface area contributed by atoms with Gasteiger partial charge in [0.2, 0.25) is 0 Å². The van der Waals surface area contributed by atoms with E-state index < -0.39 is 0 Å². The van der Waals surface area contributed by atoms with E-state index in [2.05, 4.69) is 57.3 Å². The van der Waals surface area contributed by atoms with Gasteiger partial charge in [0.25, 0.3) is 0 Å². The number of fused-ring (bicyclic) bond motifs is 1. The summed E-state index contributed by atoms with van der Waals surface area (Å²) in [4.78, 5) is 1.95. The van der Waals surface area contributed by atoms with Crippen LogP contribution in [-0.4, -0.2) is 30.9 Å². The van der Waals surface area contributed by atoms with Crippen molar-refractivity contribution in [3.63, 3.8) is 0 Å². The largest absolute Gasteiger partial charge is 0.382 e. The maximum Gasteiger partial charge on any atom is 0.183 e. The first-order valence-electron chi connectivity index (χ1n) is 6.83. The normalized spacial score (nSPS) is 22.9. The van der Waals surface area contributed by atoms with E-state index in [9.17, 15) is 0 Å². The van der Waals surface area contributed by atoms with Crippen molar-refractivity contribution in [2.45, 2.75) is 51.6 Å². The van der Waals surface area contributed by atoms with E-state index in [1.54, 1.807) is 0 Å². The van der Waals surface area contributed by atoms with Gasteiger partial charge in [0.1, 0.15) is 0 Å². The third-order valence-electron chi connectivity index (χ3n) is 4.18. The van der Waals surface area contributed by atoms with E-state index >= 15 is 0 Å². The molecule has 0 saturated carbocycles. The first-order chi connectivity index (χ1) is 8.45. The number of anilines is 1. The highest BCUT2D eigenvalue weighted by Gasteiger charge is 2.34. The Morgan fingerprint density at radius 1 is 1.33 bits per heavy atom. The molecule has 0 unspecified atom stereocenters. The summed E-state index contributed by atoms with van der Waals surface area (Å²) >= 11 is 0. The van der Waals surface area contributed by atoms with Crippen LogP contribution in [0, 0.1) is 0 Å². The van der Waals surface area contributed by atoms with Crippen LogP contribution in [0.15, 0.2) is 24.3 Å². The predicted molar refractivity (Wildman–Crippen MR) is 79.1 cm³/mol. The number of rotatable bonds is 4. The van der Waals surface area contributed by atoms with Crippen LogP contribution in [0.2, 0.25) is 0 Å². The molecule has 1 aromatic carbocycles. The third kappa shape index (κ3) is 2.42. The molecule has 2 rings (SSSR count). The Morgan fingerprint density at radius 2 is 2.00 bits per heavy atom. The second-order valence-electron chi connectivity index (χ2n) is 5.93. The van der Waals surface area contributed by atoms with Crippen molar-refractivity contribution in [2.75, 3.05) is 11.9 Å². The van der Waals surface area contributed by atoms with Crippen LogP contribution >= 0.6 is 0 Å². The van der Waals surface area contributed by atoms with Crippen molar-refractivity contribution < 1.29 is 0 Å². The van der Waals surface area contributed by atoms with E-state index in [1.807, 2.05) is 4.81 Å². The standard InChI is InChI=1S/C15H23BN2/c1-5-18(16)15(3,4)10-13-11(2)17-14-9-7-6-8-12(13)14/h6-9,11,13,17H,5,10H2,1-4H3/t11-,13+/m0/s1. The van der Waals surface area contributed by atoms with Crippen LogP contribution in [-0.2, 0) is 0 Å². The van der Waals surface area contributed by atoms with E-state index in [0.29, 0.717) is 12.0 Å². The van der Waals surface area contributed by atoms with Crippen LogP contribution < -0.4 is 5.32 Å². The molecule has 0 aliphatic carbocycles. The van der Waals surface area contributed by atoms with E-state index in [4.69, 9.17) is 7.98 Å². The summed E-state index contributed by atoms with van der Waals surface area (Å²) in [5, 5.41) is 3.57. The molecule has 1 aliphatic heterocycles. The molecule has 0 saturated heterocycles. The Labute approximate surface area is 112 Å². The molecule has 1 aromatic rings. The molecule has 3 heteroatoms. The lowest BCUT2D eigenvalue weighted by molar-refractivity contribution is 0.212. The molecule has 1 heterocycles. The summed E-state index contributed by atoms with van der Waals surface area (Å²) in [6, 6.07) is 9.09. The summed E-state index contributed by atoms with van der Waals surface area (Å²) in [6.07, 6.45) is 1.07. The number of hydrogen-bond acceptors (Lipinski definition) is 2. The van der Waals surface area contributed by atoms with Gasteiger partial charge >= 0.3 is 0 Å². The van der Waals surface area contributed by atoms with Gasteiger partial charge in [-0.05, 0) is 45.4 Å². The number of nitrogens with one attached hydrogen (secondary N) is 1. The molecule has 0 amide bonds. The van der Waals surface area contributed by atoms with Crippen LogP contribution in [0.4, 0.5) is 5.69 Å². The number of hydrogen-bond donors (Lipinski definition) is 1. The Balaban J connectivity index is 2.20. The fourth-order valence-electron chi connectivity index (χ4n) is 2.94. The maximum atomic E-state index is 6.11. The van der Waals surface area contributed by atoms with Gasteiger partial charge in [-0.1, -0.05) is 25.1 Å². The highest BCUT2D eigenvalue weighted by atomic mass is 15.1. The van der Waals surface area contributed by atoms with Gasteiger partial charge in [0.15, 0.2) is 7.98 Å². The highest BCUT2D eigenvalue weighted by Crippen LogP contribution is 2.41. The van der Waals surface area contributed by atoms with Crippen molar-refractivity contribution >= 4 is 13.7 Å². The number of nitrogens with zero attached hydrogens (tertiary/aromatic N) is 1. The van der Waals surface area contributed by atoms with Crippen LogP contribution in [0.5, 0.6) is 0 Å². The average Bonchev–Trinajstić information content (AvgIpc) is 2.65. The second-order valence-corrected chi connectivity index (χ2v) is 5.93. The molecule has 0 bridgehead atoms. The molecule has 0 fully saturated rings. The molecule has 2 atom stereocenters. The number of para-hydroxylation sites is 1. The van der Waals surface area contributed by atoms with Gasteiger partial charge in [0, 0.05) is 23.2 Å². The van der Waals surface area contributed by atoms with Gasteiger partial charge in [-0.2, -0.15) is 0 Å². The third-order valence-corrected chi connectivity index (χ3v) is 4.18. The van der Waals surface area contributed by atoms with Gasteiger partial charge < -0.3 is 10.1 Å². The van der Waals surface area contributed by atoms with E-state index in [-0.39, 0.29) is 5.54 Å². The summed E-state index contributed by atoms with van der Waals surface area (Å²) in [7, 11) is 6.11.